The van der Waals surface area contributed by atoms with Crippen LogP contribution in [-0.2, 0) is 32.5 Å². The Bertz CT molecular complexity index is 1530. The van der Waals surface area contributed by atoms with Crippen LogP contribution in [0.2, 0.25) is 0 Å². The minimum Gasteiger partial charge on any atom is -0.496 e. The van der Waals surface area contributed by atoms with Crippen LogP contribution in [0.4, 0.5) is 0 Å². The Labute approximate surface area is 257 Å². The van der Waals surface area contributed by atoms with Gasteiger partial charge in [0.05, 0.1) is 30.3 Å². The second kappa shape index (κ2) is 16.5. The van der Waals surface area contributed by atoms with Crippen molar-refractivity contribution in [2.75, 3.05) is 26.9 Å². The number of ether oxygens (including phenoxy) is 3. The topological polar surface area (TPSA) is 74.7 Å². The fraction of sp³-hybridized carbons (Fsp3) is 0.278. The minimum atomic E-state index is -1.19. The monoisotopic (exact) mass is 597 g/mol. The first kappa shape index (κ1) is 31.9. The first-order valence-electron chi connectivity index (χ1n) is 14.5. The molecule has 224 valence electrons. The molecule has 4 rings (SSSR count). The highest BCUT2D eigenvalue weighted by Crippen LogP contribution is 2.29. The molecule has 1 heterocycles. The van der Waals surface area contributed by atoms with Crippen LogP contribution in [0.15, 0.2) is 96.2 Å². The minimum absolute atomic E-state index is 0.0347. The first-order chi connectivity index (χ1) is 21.0. The molecule has 1 atom stereocenters. The number of hydrogen-bond donors (Lipinski definition) is 0. The van der Waals surface area contributed by atoms with E-state index >= 15 is 0 Å². The van der Waals surface area contributed by atoms with Gasteiger partial charge in [0.1, 0.15) is 18.1 Å². The summed E-state index contributed by atoms with van der Waals surface area (Å²) >= 11 is 0. The molecular formula is C36H39NO5S. The fourth-order valence-electron chi connectivity index (χ4n) is 4.43. The molecule has 0 aliphatic rings. The van der Waals surface area contributed by atoms with Crippen LogP contribution in [0.25, 0.3) is 17.2 Å². The Balaban J connectivity index is 1.34. The van der Waals surface area contributed by atoms with Crippen molar-refractivity contribution in [2.24, 2.45) is 0 Å². The van der Waals surface area contributed by atoms with E-state index in [9.17, 15) is 9.00 Å². The maximum absolute atomic E-state index is 12.8. The van der Waals surface area contributed by atoms with Crippen molar-refractivity contribution in [3.63, 3.8) is 0 Å². The number of unbranched alkanes of at least 4 members (excludes halogenated alkanes) is 1. The summed E-state index contributed by atoms with van der Waals surface area (Å²) in [4.78, 5) is 17.7. The lowest BCUT2D eigenvalue weighted by Crippen LogP contribution is -2.07. The fourth-order valence-corrected chi connectivity index (χ4v) is 5.62. The second-order valence-corrected chi connectivity index (χ2v) is 11.7. The van der Waals surface area contributed by atoms with Crippen molar-refractivity contribution in [1.82, 2.24) is 4.98 Å². The molecule has 0 aliphatic heterocycles. The Hall–Kier alpha value is -4.07. The molecule has 0 unspecified atom stereocenters. The highest BCUT2D eigenvalue weighted by molar-refractivity contribution is 7.84. The van der Waals surface area contributed by atoms with Crippen LogP contribution >= 0.6 is 0 Å². The van der Waals surface area contributed by atoms with E-state index in [1.54, 1.807) is 31.7 Å². The maximum Gasteiger partial charge on any atom is 0.160 e. The molecule has 0 radical (unpaired) electrons. The van der Waals surface area contributed by atoms with Crippen LogP contribution in [-0.4, -0.2) is 41.9 Å². The van der Waals surface area contributed by atoms with E-state index in [-0.39, 0.29) is 12.2 Å². The molecule has 0 saturated heterocycles. The molecule has 0 N–H and O–H groups in total. The lowest BCUT2D eigenvalue weighted by atomic mass is 10.0. The number of aromatic nitrogens is 1. The molecule has 6 nitrogen and oxygen atoms in total. The molecule has 4 aromatic rings. The number of allylic oxidation sites excluding steroid dienone is 1. The average molecular weight is 598 g/mol. The van der Waals surface area contributed by atoms with Gasteiger partial charge in [0.15, 0.2) is 5.78 Å². The van der Waals surface area contributed by atoms with Gasteiger partial charge in [-0.3, -0.25) is 14.0 Å². The lowest BCUT2D eigenvalue weighted by molar-refractivity contribution is -0.113. The molecule has 0 amide bonds. The molecular weight excluding hydrogens is 558 g/mol. The van der Waals surface area contributed by atoms with E-state index in [0.29, 0.717) is 24.7 Å². The Morgan fingerprint density at radius 3 is 2.42 bits per heavy atom. The SMILES string of the molecule is CCCCOCCOc1ccc(-c2ccc(OC)c(/C=C/C(=O)Cc3ccc([S@](=O)Cc4cnccc4C)cc3)c2)cc1. The van der Waals surface area contributed by atoms with Gasteiger partial charge in [-0.2, -0.15) is 0 Å². The van der Waals surface area contributed by atoms with Gasteiger partial charge >= 0.3 is 0 Å². The lowest BCUT2D eigenvalue weighted by Gasteiger charge is -2.10. The summed E-state index contributed by atoms with van der Waals surface area (Å²) in [7, 11) is 0.433. The quantitative estimate of drug-likeness (QED) is 0.0990. The third-order valence-electron chi connectivity index (χ3n) is 7.00. The third kappa shape index (κ3) is 9.73. The molecule has 7 heteroatoms. The van der Waals surface area contributed by atoms with Gasteiger partial charge in [-0.25, -0.2) is 0 Å². The number of carbonyl (C=O) groups excluding carboxylic acids is 1. The Kier molecular flexibility index (Phi) is 12.3. The van der Waals surface area contributed by atoms with E-state index in [4.69, 9.17) is 14.2 Å². The van der Waals surface area contributed by atoms with Crippen LogP contribution in [0.1, 0.15) is 42.0 Å². The zero-order valence-electron chi connectivity index (χ0n) is 25.1. The van der Waals surface area contributed by atoms with Crippen LogP contribution < -0.4 is 9.47 Å². The smallest absolute Gasteiger partial charge is 0.160 e. The van der Waals surface area contributed by atoms with E-state index < -0.39 is 10.8 Å². The van der Waals surface area contributed by atoms with Gasteiger partial charge in [-0.1, -0.05) is 43.7 Å². The predicted molar refractivity (Wildman–Crippen MR) is 173 cm³/mol. The molecule has 43 heavy (non-hydrogen) atoms. The summed E-state index contributed by atoms with van der Waals surface area (Å²) in [5.41, 5.74) is 5.76. The summed E-state index contributed by atoms with van der Waals surface area (Å²) in [6.45, 7) is 5.99. The van der Waals surface area contributed by atoms with E-state index in [1.165, 1.54) is 0 Å². The highest BCUT2D eigenvalue weighted by Gasteiger charge is 2.10. The molecule has 0 aliphatic carbocycles. The van der Waals surface area contributed by atoms with Crippen LogP contribution in [0.5, 0.6) is 11.5 Å². The van der Waals surface area contributed by atoms with Gasteiger partial charge < -0.3 is 14.2 Å². The van der Waals surface area contributed by atoms with Crippen LogP contribution in [0, 0.1) is 6.92 Å². The molecule has 0 saturated carbocycles. The highest BCUT2D eigenvalue weighted by atomic mass is 32.2. The van der Waals surface area contributed by atoms with Gasteiger partial charge in [0, 0.05) is 35.9 Å². The summed E-state index contributed by atoms with van der Waals surface area (Å²) in [6.07, 6.45) is 9.30. The Morgan fingerprint density at radius 2 is 1.70 bits per heavy atom. The molecule has 1 aromatic heterocycles. The number of aryl methyl sites for hydroxylation is 1. The third-order valence-corrected chi connectivity index (χ3v) is 8.37. The summed E-state index contributed by atoms with van der Waals surface area (Å²) in [5.74, 6) is 1.86. The summed E-state index contributed by atoms with van der Waals surface area (Å²) in [6, 6.07) is 23.2. The molecule has 3 aromatic carbocycles. The normalized spacial score (nSPS) is 11.9. The van der Waals surface area contributed by atoms with Gasteiger partial charge in [-0.05, 0) is 95.8 Å². The number of hydrogen-bond acceptors (Lipinski definition) is 6. The number of methoxy groups -OCH3 is 1. The van der Waals surface area contributed by atoms with Crippen molar-refractivity contribution in [3.05, 3.63) is 114 Å². The molecule has 0 spiro atoms. The van der Waals surface area contributed by atoms with E-state index in [0.717, 1.165) is 63.5 Å². The van der Waals surface area contributed by atoms with Crippen molar-refractivity contribution >= 4 is 22.7 Å². The summed E-state index contributed by atoms with van der Waals surface area (Å²) in [5, 5.41) is 0. The average Bonchev–Trinajstić information content (AvgIpc) is 3.03. The van der Waals surface area contributed by atoms with Crippen molar-refractivity contribution in [1.29, 1.82) is 0 Å². The molecule has 0 bridgehead atoms. The van der Waals surface area contributed by atoms with Gasteiger partial charge in [0.25, 0.3) is 0 Å². The van der Waals surface area contributed by atoms with Crippen molar-refractivity contribution < 1.29 is 23.2 Å². The van der Waals surface area contributed by atoms with E-state index in [2.05, 4.69) is 11.9 Å². The number of nitrogens with zero attached hydrogens (tertiary/aromatic N) is 1. The second-order valence-electron chi connectivity index (χ2n) is 10.2. The zero-order valence-corrected chi connectivity index (χ0v) is 25.9. The predicted octanol–water partition coefficient (Wildman–Crippen LogP) is 7.39. The van der Waals surface area contributed by atoms with Crippen molar-refractivity contribution in [3.8, 4) is 22.6 Å². The zero-order chi connectivity index (χ0) is 30.4. The number of carbonyl (C=O) groups is 1. The van der Waals surface area contributed by atoms with E-state index in [1.807, 2.05) is 79.7 Å². The molecule has 0 fully saturated rings. The van der Waals surface area contributed by atoms with Gasteiger partial charge in [-0.15, -0.1) is 0 Å². The maximum atomic E-state index is 12.8. The van der Waals surface area contributed by atoms with Crippen molar-refractivity contribution in [2.45, 2.75) is 43.8 Å². The van der Waals surface area contributed by atoms with Gasteiger partial charge in [0.2, 0.25) is 0 Å². The largest absolute Gasteiger partial charge is 0.496 e. The standard InChI is InChI=1S/C36H39NO5S/c1-4-5-20-41-21-22-42-34-13-9-29(10-14-34)30-11-17-36(40-3)31(24-30)8-12-33(38)23-28-6-15-35(16-7-28)43(39)26-32-25-37-19-18-27(32)2/h6-19,24-25H,4-5,20-23,26H2,1-3H3/b12-8+/t43-/m1/s1. The Morgan fingerprint density at radius 1 is 0.930 bits per heavy atom. The van der Waals surface area contributed by atoms with Crippen LogP contribution in [0.3, 0.4) is 0 Å². The summed E-state index contributed by atoms with van der Waals surface area (Å²) < 4.78 is 29.7. The first-order valence-corrected chi connectivity index (χ1v) is 15.9. The number of pyridine rings is 1. The number of ketones is 1. The number of rotatable bonds is 16. The number of benzene rings is 3.